The normalized spacial score (nSPS) is 11.4. The third-order valence-corrected chi connectivity index (χ3v) is 3.60. The van der Waals surface area contributed by atoms with Crippen LogP contribution in [0.25, 0.3) is 0 Å². The molecule has 0 heterocycles. The summed E-state index contributed by atoms with van der Waals surface area (Å²) in [5, 5.41) is 0. The summed E-state index contributed by atoms with van der Waals surface area (Å²) in [4.78, 5) is 13.1. The zero-order chi connectivity index (χ0) is 10.6. The third-order valence-electron chi connectivity index (χ3n) is 1.72. The van der Waals surface area contributed by atoms with Crippen LogP contribution in [0.1, 0.15) is 13.8 Å². The van der Waals surface area contributed by atoms with E-state index in [2.05, 4.69) is 30.5 Å². The van der Waals surface area contributed by atoms with Gasteiger partial charge in [-0.05, 0) is 44.4 Å². The Hall–Kier alpha value is -0.410. The number of hydrogen-bond acceptors (Lipinski definition) is 3. The molecule has 0 aliphatic rings. The van der Waals surface area contributed by atoms with E-state index in [0.717, 1.165) is 11.2 Å². The van der Waals surface area contributed by atoms with E-state index in [4.69, 9.17) is 0 Å². The Morgan fingerprint density at radius 3 is 2.07 bits per heavy atom. The van der Waals surface area contributed by atoms with Gasteiger partial charge in [0.15, 0.2) is 0 Å². The molecule has 0 spiro atoms. The summed E-state index contributed by atoms with van der Waals surface area (Å²) in [6.45, 7) is 3.85. The standard InChI is InChI=1S/C11H14OS2/c1-11(2,8-12)14-10-6-4-9(13-3)5-7-10/h4-8H,1-3H3. The van der Waals surface area contributed by atoms with E-state index in [-0.39, 0.29) is 4.75 Å². The van der Waals surface area contributed by atoms with Gasteiger partial charge in [0.25, 0.3) is 0 Å². The van der Waals surface area contributed by atoms with Crippen molar-refractivity contribution < 1.29 is 4.79 Å². The van der Waals surface area contributed by atoms with E-state index >= 15 is 0 Å². The Labute approximate surface area is 93.7 Å². The fourth-order valence-corrected chi connectivity index (χ4v) is 2.31. The fraction of sp³-hybridized carbons (Fsp3) is 0.364. The number of benzene rings is 1. The smallest absolute Gasteiger partial charge is 0.135 e. The molecule has 1 rings (SSSR count). The second-order valence-corrected chi connectivity index (χ2v) is 6.11. The van der Waals surface area contributed by atoms with Crippen molar-refractivity contribution in [3.63, 3.8) is 0 Å². The van der Waals surface area contributed by atoms with E-state index in [1.54, 1.807) is 23.5 Å². The van der Waals surface area contributed by atoms with Gasteiger partial charge in [-0.3, -0.25) is 0 Å². The van der Waals surface area contributed by atoms with E-state index < -0.39 is 0 Å². The van der Waals surface area contributed by atoms with Crippen LogP contribution < -0.4 is 0 Å². The molecule has 0 atom stereocenters. The second kappa shape index (κ2) is 4.89. The van der Waals surface area contributed by atoms with Crippen molar-refractivity contribution in [3.05, 3.63) is 24.3 Å². The summed E-state index contributed by atoms with van der Waals surface area (Å²) in [5.41, 5.74) is 0. The lowest BCUT2D eigenvalue weighted by molar-refractivity contribution is -0.109. The number of thioether (sulfide) groups is 2. The minimum absolute atomic E-state index is 0.332. The average Bonchev–Trinajstić information content (AvgIpc) is 2.19. The maximum Gasteiger partial charge on any atom is 0.135 e. The van der Waals surface area contributed by atoms with Crippen molar-refractivity contribution in [2.24, 2.45) is 0 Å². The predicted octanol–water partition coefficient (Wildman–Crippen LogP) is 3.48. The van der Waals surface area contributed by atoms with Crippen LogP contribution in [-0.2, 0) is 4.79 Å². The van der Waals surface area contributed by atoms with Gasteiger partial charge in [0.05, 0.1) is 4.75 Å². The van der Waals surface area contributed by atoms with Gasteiger partial charge >= 0.3 is 0 Å². The van der Waals surface area contributed by atoms with E-state index in [1.807, 2.05) is 13.8 Å². The first-order chi connectivity index (χ1) is 6.57. The molecule has 0 N–H and O–H groups in total. The zero-order valence-corrected chi connectivity index (χ0v) is 10.2. The molecular weight excluding hydrogens is 212 g/mol. The quantitative estimate of drug-likeness (QED) is 0.578. The molecular formula is C11H14OS2. The number of aldehydes is 1. The molecule has 0 bridgehead atoms. The van der Waals surface area contributed by atoms with Gasteiger partial charge in [-0.15, -0.1) is 23.5 Å². The first-order valence-corrected chi connectivity index (χ1v) is 6.41. The van der Waals surface area contributed by atoms with Crippen LogP contribution in [0.2, 0.25) is 0 Å². The largest absolute Gasteiger partial charge is 0.302 e. The van der Waals surface area contributed by atoms with Gasteiger partial charge in [0.1, 0.15) is 6.29 Å². The lowest BCUT2D eigenvalue weighted by Crippen LogP contribution is -2.15. The molecule has 76 valence electrons. The fourth-order valence-electron chi connectivity index (χ4n) is 0.972. The van der Waals surface area contributed by atoms with Gasteiger partial charge in [-0.2, -0.15) is 0 Å². The van der Waals surface area contributed by atoms with Crippen molar-refractivity contribution in [1.29, 1.82) is 0 Å². The number of rotatable bonds is 4. The second-order valence-electron chi connectivity index (χ2n) is 3.50. The van der Waals surface area contributed by atoms with Crippen molar-refractivity contribution in [3.8, 4) is 0 Å². The summed E-state index contributed by atoms with van der Waals surface area (Å²) in [6, 6.07) is 8.27. The summed E-state index contributed by atoms with van der Waals surface area (Å²) in [7, 11) is 0. The van der Waals surface area contributed by atoms with Crippen molar-refractivity contribution in [2.75, 3.05) is 6.26 Å². The monoisotopic (exact) mass is 226 g/mol. The van der Waals surface area contributed by atoms with Crippen LogP contribution in [0.4, 0.5) is 0 Å². The Balaban J connectivity index is 2.73. The number of carbonyl (C=O) groups is 1. The number of carbonyl (C=O) groups excluding carboxylic acids is 1. The highest BCUT2D eigenvalue weighted by molar-refractivity contribution is 8.01. The van der Waals surface area contributed by atoms with Crippen LogP contribution in [0.5, 0.6) is 0 Å². The van der Waals surface area contributed by atoms with E-state index in [9.17, 15) is 4.79 Å². The Bertz CT molecular complexity index is 304. The molecule has 3 heteroatoms. The first kappa shape index (κ1) is 11.7. The number of hydrogen-bond donors (Lipinski definition) is 0. The highest BCUT2D eigenvalue weighted by atomic mass is 32.2. The molecule has 14 heavy (non-hydrogen) atoms. The lowest BCUT2D eigenvalue weighted by Gasteiger charge is -2.15. The van der Waals surface area contributed by atoms with Gasteiger partial charge in [0, 0.05) is 9.79 Å². The van der Waals surface area contributed by atoms with Crippen molar-refractivity contribution in [2.45, 2.75) is 28.4 Å². The molecule has 0 aliphatic carbocycles. The molecule has 1 aromatic carbocycles. The highest BCUT2D eigenvalue weighted by Crippen LogP contribution is 2.31. The van der Waals surface area contributed by atoms with E-state index in [1.165, 1.54) is 4.90 Å². The third kappa shape index (κ3) is 3.39. The van der Waals surface area contributed by atoms with Crippen LogP contribution in [0, 0.1) is 0 Å². The van der Waals surface area contributed by atoms with Gasteiger partial charge in [-0.1, -0.05) is 0 Å². The SMILES string of the molecule is CSc1ccc(SC(C)(C)C=O)cc1. The molecule has 0 fully saturated rings. The topological polar surface area (TPSA) is 17.1 Å². The average molecular weight is 226 g/mol. The Kier molecular flexibility index (Phi) is 4.08. The molecule has 0 saturated heterocycles. The highest BCUT2D eigenvalue weighted by Gasteiger charge is 2.17. The predicted molar refractivity (Wildman–Crippen MR) is 64.2 cm³/mol. The molecule has 0 aliphatic heterocycles. The molecule has 1 nitrogen and oxygen atoms in total. The Morgan fingerprint density at radius 2 is 1.64 bits per heavy atom. The summed E-state index contributed by atoms with van der Waals surface area (Å²) < 4.78 is -0.332. The van der Waals surface area contributed by atoms with Crippen molar-refractivity contribution in [1.82, 2.24) is 0 Å². The zero-order valence-electron chi connectivity index (χ0n) is 8.61. The minimum Gasteiger partial charge on any atom is -0.302 e. The van der Waals surface area contributed by atoms with Crippen molar-refractivity contribution >= 4 is 29.8 Å². The molecule has 1 aromatic rings. The van der Waals surface area contributed by atoms with E-state index in [0.29, 0.717) is 0 Å². The van der Waals surface area contributed by atoms with Crippen LogP contribution in [0.3, 0.4) is 0 Å². The summed E-state index contributed by atoms with van der Waals surface area (Å²) in [5.74, 6) is 0. The van der Waals surface area contributed by atoms with Gasteiger partial charge in [-0.25, -0.2) is 0 Å². The molecule has 0 saturated carbocycles. The molecule has 0 unspecified atom stereocenters. The van der Waals surface area contributed by atoms with Gasteiger partial charge < -0.3 is 4.79 Å². The maximum atomic E-state index is 10.7. The lowest BCUT2D eigenvalue weighted by atomic mass is 10.2. The Morgan fingerprint density at radius 1 is 1.14 bits per heavy atom. The minimum atomic E-state index is -0.332. The molecule has 0 aromatic heterocycles. The van der Waals surface area contributed by atoms with Crippen LogP contribution in [0.15, 0.2) is 34.1 Å². The molecule has 0 radical (unpaired) electrons. The van der Waals surface area contributed by atoms with Crippen LogP contribution >= 0.6 is 23.5 Å². The van der Waals surface area contributed by atoms with Crippen LogP contribution in [-0.4, -0.2) is 17.3 Å². The maximum absolute atomic E-state index is 10.7. The first-order valence-electron chi connectivity index (χ1n) is 4.37. The summed E-state index contributed by atoms with van der Waals surface area (Å²) >= 11 is 3.31. The summed E-state index contributed by atoms with van der Waals surface area (Å²) in [6.07, 6.45) is 3.04. The molecule has 0 amide bonds. The van der Waals surface area contributed by atoms with Gasteiger partial charge in [0.2, 0.25) is 0 Å².